The van der Waals surface area contributed by atoms with E-state index in [1.807, 2.05) is 0 Å². The van der Waals surface area contributed by atoms with E-state index < -0.39 is 0 Å². The molecule has 1 rings (SSSR count). The van der Waals surface area contributed by atoms with Crippen molar-refractivity contribution in [2.45, 2.75) is 25.8 Å². The maximum Gasteiger partial charge on any atom is 0.319 e. The van der Waals surface area contributed by atoms with Crippen molar-refractivity contribution in [3.05, 3.63) is 0 Å². The zero-order valence-corrected chi connectivity index (χ0v) is 9.03. The predicted octanol–water partition coefficient (Wildman–Crippen LogP) is 0.219. The molecule has 0 aromatic rings. The molecule has 1 saturated heterocycles. The molecule has 4 heteroatoms. The summed E-state index contributed by atoms with van der Waals surface area (Å²) in [6, 6.07) is 0.273. The second kappa shape index (κ2) is 5.32. The van der Waals surface area contributed by atoms with Crippen molar-refractivity contribution in [3.8, 4) is 0 Å². The highest BCUT2D eigenvalue weighted by molar-refractivity contribution is 5.71. The topological polar surface area (TPSA) is 55.6 Å². The Morgan fingerprint density at radius 3 is 2.57 bits per heavy atom. The van der Waals surface area contributed by atoms with Gasteiger partial charge in [0.2, 0.25) is 0 Å². The summed E-state index contributed by atoms with van der Waals surface area (Å²) >= 11 is 0. The highest BCUT2D eigenvalue weighted by Crippen LogP contribution is 2.19. The Morgan fingerprint density at radius 1 is 1.57 bits per heavy atom. The van der Waals surface area contributed by atoms with E-state index in [9.17, 15) is 4.79 Å². The molecule has 1 fully saturated rings. The van der Waals surface area contributed by atoms with E-state index in [0.29, 0.717) is 12.5 Å². The smallest absolute Gasteiger partial charge is 0.319 e. The Balaban J connectivity index is 2.25. The normalized spacial score (nSPS) is 21.9. The molecule has 0 saturated carbocycles. The van der Waals surface area contributed by atoms with Gasteiger partial charge in [0.1, 0.15) is 0 Å². The number of ether oxygens (including phenoxy) is 1. The molecule has 0 aromatic carbocycles. The van der Waals surface area contributed by atoms with Crippen molar-refractivity contribution >= 4 is 5.97 Å². The number of methoxy groups -OCH3 is 1. The molecule has 82 valence electrons. The molecule has 2 N–H and O–H groups in total. The van der Waals surface area contributed by atoms with Gasteiger partial charge >= 0.3 is 5.97 Å². The molecule has 1 aliphatic rings. The van der Waals surface area contributed by atoms with E-state index in [0.717, 1.165) is 25.9 Å². The molecule has 0 amide bonds. The van der Waals surface area contributed by atoms with Gasteiger partial charge in [-0.05, 0) is 38.8 Å². The van der Waals surface area contributed by atoms with Gasteiger partial charge in [-0.1, -0.05) is 0 Å². The minimum Gasteiger partial charge on any atom is -0.468 e. The van der Waals surface area contributed by atoms with Gasteiger partial charge in [-0.25, -0.2) is 0 Å². The standard InChI is InChI=1S/C10H20N2O2/c1-8(11)9-3-5-12(6-4-9)7-10(13)14-2/h8-9H,3-7,11H2,1-2H3. The van der Waals surface area contributed by atoms with Crippen LogP contribution in [0.3, 0.4) is 0 Å². The highest BCUT2D eigenvalue weighted by Gasteiger charge is 2.22. The lowest BCUT2D eigenvalue weighted by molar-refractivity contribution is -0.142. The van der Waals surface area contributed by atoms with Gasteiger partial charge in [-0.15, -0.1) is 0 Å². The Labute approximate surface area is 85.4 Å². The fourth-order valence-electron chi connectivity index (χ4n) is 1.88. The van der Waals surface area contributed by atoms with Crippen LogP contribution in [0.4, 0.5) is 0 Å². The second-order valence-electron chi connectivity index (χ2n) is 4.05. The third kappa shape index (κ3) is 3.27. The Bertz CT molecular complexity index is 187. The van der Waals surface area contributed by atoms with Crippen LogP contribution in [0, 0.1) is 5.92 Å². The molecule has 1 atom stereocenters. The molecule has 1 aliphatic heterocycles. The van der Waals surface area contributed by atoms with E-state index in [2.05, 4.69) is 16.6 Å². The molecule has 0 radical (unpaired) electrons. The number of piperidine rings is 1. The number of carbonyl (C=O) groups is 1. The van der Waals surface area contributed by atoms with Gasteiger partial charge in [0.05, 0.1) is 13.7 Å². The number of carbonyl (C=O) groups excluding carboxylic acids is 1. The fraction of sp³-hybridized carbons (Fsp3) is 0.900. The van der Waals surface area contributed by atoms with E-state index in [-0.39, 0.29) is 12.0 Å². The van der Waals surface area contributed by atoms with Crippen LogP contribution in [0.1, 0.15) is 19.8 Å². The maximum absolute atomic E-state index is 11.0. The predicted molar refractivity (Wildman–Crippen MR) is 54.8 cm³/mol. The number of rotatable bonds is 3. The first-order valence-electron chi connectivity index (χ1n) is 5.18. The summed E-state index contributed by atoms with van der Waals surface area (Å²) in [4.78, 5) is 13.1. The quantitative estimate of drug-likeness (QED) is 0.662. The van der Waals surface area contributed by atoms with Crippen LogP contribution >= 0.6 is 0 Å². The van der Waals surface area contributed by atoms with Gasteiger partial charge < -0.3 is 10.5 Å². The number of likely N-dealkylation sites (tertiary alicyclic amines) is 1. The molecule has 0 bridgehead atoms. The van der Waals surface area contributed by atoms with Gasteiger partial charge in [-0.3, -0.25) is 9.69 Å². The summed E-state index contributed by atoms with van der Waals surface area (Å²) in [5.41, 5.74) is 5.83. The zero-order valence-electron chi connectivity index (χ0n) is 9.03. The van der Waals surface area contributed by atoms with Crippen molar-refractivity contribution in [2.24, 2.45) is 11.7 Å². The fourth-order valence-corrected chi connectivity index (χ4v) is 1.88. The van der Waals surface area contributed by atoms with Crippen molar-refractivity contribution in [3.63, 3.8) is 0 Å². The van der Waals surface area contributed by atoms with Gasteiger partial charge in [0.25, 0.3) is 0 Å². The first kappa shape index (κ1) is 11.5. The van der Waals surface area contributed by atoms with Crippen LogP contribution in [-0.2, 0) is 9.53 Å². The van der Waals surface area contributed by atoms with E-state index >= 15 is 0 Å². The Morgan fingerprint density at radius 2 is 2.14 bits per heavy atom. The number of esters is 1. The van der Waals surface area contributed by atoms with Crippen molar-refractivity contribution < 1.29 is 9.53 Å². The summed E-state index contributed by atoms with van der Waals surface area (Å²) in [5, 5.41) is 0. The molecular formula is C10H20N2O2. The van der Waals surface area contributed by atoms with Gasteiger partial charge in [0, 0.05) is 6.04 Å². The van der Waals surface area contributed by atoms with Crippen molar-refractivity contribution in [1.82, 2.24) is 4.90 Å². The largest absolute Gasteiger partial charge is 0.468 e. The highest BCUT2D eigenvalue weighted by atomic mass is 16.5. The minimum absolute atomic E-state index is 0.149. The summed E-state index contributed by atoms with van der Waals surface area (Å²) in [6.45, 7) is 4.39. The lowest BCUT2D eigenvalue weighted by atomic mass is 9.91. The van der Waals surface area contributed by atoms with Crippen molar-refractivity contribution in [2.75, 3.05) is 26.7 Å². The molecule has 1 heterocycles. The average molecular weight is 200 g/mol. The lowest BCUT2D eigenvalue weighted by Crippen LogP contribution is -2.41. The monoisotopic (exact) mass is 200 g/mol. The summed E-state index contributed by atoms with van der Waals surface area (Å²) < 4.78 is 4.62. The van der Waals surface area contributed by atoms with Gasteiger partial charge in [-0.2, -0.15) is 0 Å². The van der Waals surface area contributed by atoms with Crippen LogP contribution in [-0.4, -0.2) is 43.7 Å². The molecule has 4 nitrogen and oxygen atoms in total. The molecule has 0 spiro atoms. The van der Waals surface area contributed by atoms with Crippen molar-refractivity contribution in [1.29, 1.82) is 0 Å². The minimum atomic E-state index is -0.149. The first-order chi connectivity index (χ1) is 6.63. The Kier molecular flexibility index (Phi) is 4.35. The third-order valence-corrected chi connectivity index (χ3v) is 2.96. The molecule has 14 heavy (non-hydrogen) atoms. The van der Waals surface area contributed by atoms with Crippen LogP contribution in [0.15, 0.2) is 0 Å². The van der Waals surface area contributed by atoms with Crippen LogP contribution in [0.25, 0.3) is 0 Å². The number of nitrogens with two attached hydrogens (primary N) is 1. The van der Waals surface area contributed by atoms with E-state index in [4.69, 9.17) is 5.73 Å². The Hall–Kier alpha value is -0.610. The number of hydrogen-bond acceptors (Lipinski definition) is 4. The molecule has 0 aliphatic carbocycles. The van der Waals surface area contributed by atoms with E-state index in [1.54, 1.807) is 0 Å². The first-order valence-corrected chi connectivity index (χ1v) is 5.18. The van der Waals surface area contributed by atoms with Gasteiger partial charge in [0.15, 0.2) is 0 Å². The maximum atomic E-state index is 11.0. The summed E-state index contributed by atoms with van der Waals surface area (Å²) in [7, 11) is 1.43. The molecular weight excluding hydrogens is 180 g/mol. The van der Waals surface area contributed by atoms with Crippen LogP contribution in [0.2, 0.25) is 0 Å². The SMILES string of the molecule is COC(=O)CN1CCC(C(C)N)CC1. The van der Waals surface area contributed by atoms with Crippen LogP contribution in [0.5, 0.6) is 0 Å². The average Bonchev–Trinajstić information content (AvgIpc) is 2.18. The number of hydrogen-bond donors (Lipinski definition) is 1. The van der Waals surface area contributed by atoms with E-state index in [1.165, 1.54) is 7.11 Å². The summed E-state index contributed by atoms with van der Waals surface area (Å²) in [5.74, 6) is 0.466. The molecule has 0 aromatic heterocycles. The number of nitrogens with zero attached hydrogens (tertiary/aromatic N) is 1. The zero-order chi connectivity index (χ0) is 10.6. The second-order valence-corrected chi connectivity index (χ2v) is 4.05. The summed E-state index contributed by atoms with van der Waals surface area (Å²) in [6.07, 6.45) is 2.18. The van der Waals surface area contributed by atoms with Crippen LogP contribution < -0.4 is 5.73 Å². The lowest BCUT2D eigenvalue weighted by Gasteiger charge is -2.32. The third-order valence-electron chi connectivity index (χ3n) is 2.96. The molecule has 1 unspecified atom stereocenters.